The van der Waals surface area contributed by atoms with Crippen molar-refractivity contribution < 1.29 is 9.53 Å². The van der Waals surface area contributed by atoms with Gasteiger partial charge in [-0.3, -0.25) is 4.68 Å². The van der Waals surface area contributed by atoms with E-state index in [1.54, 1.807) is 13.2 Å². The van der Waals surface area contributed by atoms with Crippen LogP contribution in [0.2, 0.25) is 0 Å². The van der Waals surface area contributed by atoms with Crippen LogP contribution in [0.15, 0.2) is 6.20 Å². The molecule has 0 atom stereocenters. The van der Waals surface area contributed by atoms with E-state index >= 15 is 0 Å². The number of hydrogen-bond donors (Lipinski definition) is 2. The number of nitrogens with zero attached hydrogens (tertiary/aromatic N) is 2. The number of carbonyl (C=O) groups is 1. The largest absolute Gasteiger partial charge is 0.453 e. The number of nitrogen functional groups attached to an aromatic ring is 1. The van der Waals surface area contributed by atoms with Gasteiger partial charge in [0, 0.05) is 12.6 Å². The molecule has 13 heavy (non-hydrogen) atoms. The zero-order chi connectivity index (χ0) is 9.84. The molecule has 1 rings (SSSR count). The van der Waals surface area contributed by atoms with Crippen LogP contribution < -0.4 is 11.1 Å². The molecule has 0 aromatic carbocycles. The summed E-state index contributed by atoms with van der Waals surface area (Å²) in [6.07, 6.45) is 1.12. The zero-order valence-electron chi connectivity index (χ0n) is 7.57. The predicted octanol–water partition coefficient (Wildman–Crippen LogP) is -0.142. The molecule has 1 aromatic rings. The van der Waals surface area contributed by atoms with Crippen molar-refractivity contribution in [2.45, 2.75) is 6.54 Å². The maximum Gasteiger partial charge on any atom is 0.407 e. The minimum atomic E-state index is -0.483. The number of rotatable bonds is 2. The second kappa shape index (κ2) is 3.79. The van der Waals surface area contributed by atoms with Gasteiger partial charge in [0.15, 0.2) is 0 Å². The summed E-state index contributed by atoms with van der Waals surface area (Å²) in [5.41, 5.74) is 6.41. The summed E-state index contributed by atoms with van der Waals surface area (Å²) in [6.45, 7) is 0.326. The highest BCUT2D eigenvalue weighted by Gasteiger charge is 2.05. The Bertz CT molecular complexity index is 307. The lowest BCUT2D eigenvalue weighted by molar-refractivity contribution is 0.170. The van der Waals surface area contributed by atoms with Gasteiger partial charge < -0.3 is 15.8 Å². The standard InChI is InChI=1S/C7H12N4O2/c1-11-6(8)5(4-10-11)3-9-7(12)13-2/h4H,3,8H2,1-2H3,(H,9,12). The molecule has 1 aromatic heterocycles. The molecule has 1 amide bonds. The third-order valence-electron chi connectivity index (χ3n) is 1.67. The fourth-order valence-corrected chi connectivity index (χ4v) is 0.868. The number of ether oxygens (including phenoxy) is 1. The number of hydrogen-bond acceptors (Lipinski definition) is 4. The third kappa shape index (κ3) is 2.11. The highest BCUT2D eigenvalue weighted by molar-refractivity contribution is 5.67. The average Bonchev–Trinajstić information content (AvgIpc) is 2.44. The van der Waals surface area contributed by atoms with Crippen molar-refractivity contribution >= 4 is 11.9 Å². The summed E-state index contributed by atoms with van der Waals surface area (Å²) >= 11 is 0. The minimum absolute atomic E-state index is 0.326. The summed E-state index contributed by atoms with van der Waals surface area (Å²) < 4.78 is 5.94. The number of methoxy groups -OCH3 is 1. The van der Waals surface area contributed by atoms with E-state index < -0.39 is 6.09 Å². The van der Waals surface area contributed by atoms with Crippen molar-refractivity contribution in [1.29, 1.82) is 0 Å². The Kier molecular flexibility index (Phi) is 2.73. The van der Waals surface area contributed by atoms with E-state index in [0.717, 1.165) is 5.56 Å². The van der Waals surface area contributed by atoms with Crippen molar-refractivity contribution in [2.24, 2.45) is 7.05 Å². The van der Waals surface area contributed by atoms with Crippen molar-refractivity contribution in [3.05, 3.63) is 11.8 Å². The number of aryl methyl sites for hydroxylation is 1. The first-order valence-electron chi connectivity index (χ1n) is 3.73. The molecule has 6 heteroatoms. The van der Waals surface area contributed by atoms with Crippen molar-refractivity contribution in [1.82, 2.24) is 15.1 Å². The second-order valence-corrected chi connectivity index (χ2v) is 2.52. The lowest BCUT2D eigenvalue weighted by Crippen LogP contribution is -2.22. The quantitative estimate of drug-likeness (QED) is 0.670. The first-order valence-corrected chi connectivity index (χ1v) is 3.73. The molecule has 0 aliphatic heterocycles. The predicted molar refractivity (Wildman–Crippen MR) is 46.9 cm³/mol. The summed E-state index contributed by atoms with van der Waals surface area (Å²) in [5, 5.41) is 6.43. The van der Waals surface area contributed by atoms with Crippen LogP contribution in [0, 0.1) is 0 Å². The summed E-state index contributed by atoms with van der Waals surface area (Å²) in [4.78, 5) is 10.7. The molecular formula is C7H12N4O2. The van der Waals surface area contributed by atoms with Gasteiger partial charge in [-0.25, -0.2) is 4.79 Å². The Morgan fingerprint density at radius 3 is 3.00 bits per heavy atom. The first-order chi connectivity index (χ1) is 6.15. The SMILES string of the molecule is COC(=O)NCc1cnn(C)c1N. The van der Waals surface area contributed by atoms with E-state index in [1.165, 1.54) is 11.8 Å². The lowest BCUT2D eigenvalue weighted by atomic mass is 10.3. The van der Waals surface area contributed by atoms with Crippen LogP contribution >= 0.6 is 0 Å². The third-order valence-corrected chi connectivity index (χ3v) is 1.67. The smallest absolute Gasteiger partial charge is 0.407 e. The summed E-state index contributed by atoms with van der Waals surface area (Å²) in [6, 6.07) is 0. The van der Waals surface area contributed by atoms with Crippen molar-refractivity contribution in [3.63, 3.8) is 0 Å². The molecule has 72 valence electrons. The van der Waals surface area contributed by atoms with E-state index in [4.69, 9.17) is 5.73 Å². The van der Waals surface area contributed by atoms with Gasteiger partial charge in [-0.15, -0.1) is 0 Å². The van der Waals surface area contributed by atoms with Crippen LogP contribution in [0.5, 0.6) is 0 Å². The molecular weight excluding hydrogens is 172 g/mol. The van der Waals surface area contributed by atoms with Crippen LogP contribution in [-0.2, 0) is 18.3 Å². The maximum atomic E-state index is 10.7. The molecule has 0 unspecified atom stereocenters. The molecule has 6 nitrogen and oxygen atoms in total. The van der Waals surface area contributed by atoms with Gasteiger partial charge in [0.25, 0.3) is 0 Å². The van der Waals surface area contributed by atoms with E-state index in [0.29, 0.717) is 12.4 Å². The minimum Gasteiger partial charge on any atom is -0.453 e. The molecule has 0 saturated heterocycles. The molecule has 1 heterocycles. The lowest BCUT2D eigenvalue weighted by Gasteiger charge is -2.02. The van der Waals surface area contributed by atoms with E-state index in [2.05, 4.69) is 15.2 Å². The molecule has 0 spiro atoms. The molecule has 0 saturated carbocycles. The average molecular weight is 184 g/mol. The number of amides is 1. The number of aromatic nitrogens is 2. The van der Waals surface area contributed by atoms with Gasteiger partial charge in [-0.2, -0.15) is 5.10 Å². The van der Waals surface area contributed by atoms with E-state index in [-0.39, 0.29) is 0 Å². The molecule has 0 bridgehead atoms. The number of carbonyl (C=O) groups excluding carboxylic acids is 1. The first kappa shape index (κ1) is 9.37. The fraction of sp³-hybridized carbons (Fsp3) is 0.429. The summed E-state index contributed by atoms with van der Waals surface area (Å²) in [5.74, 6) is 0.538. The second-order valence-electron chi connectivity index (χ2n) is 2.52. The Hall–Kier alpha value is -1.72. The van der Waals surface area contributed by atoms with Crippen LogP contribution in [0.1, 0.15) is 5.56 Å². The number of nitrogens with one attached hydrogen (secondary N) is 1. The van der Waals surface area contributed by atoms with Crippen molar-refractivity contribution in [3.8, 4) is 0 Å². The van der Waals surface area contributed by atoms with Crippen LogP contribution in [-0.4, -0.2) is 23.0 Å². The van der Waals surface area contributed by atoms with Gasteiger partial charge in [0.2, 0.25) is 0 Å². The molecule has 0 aliphatic rings. The fourth-order valence-electron chi connectivity index (χ4n) is 0.868. The highest BCUT2D eigenvalue weighted by Crippen LogP contribution is 2.07. The van der Waals surface area contributed by atoms with Gasteiger partial charge in [-0.05, 0) is 0 Å². The Balaban J connectivity index is 2.55. The summed E-state index contributed by atoms with van der Waals surface area (Å²) in [7, 11) is 3.04. The van der Waals surface area contributed by atoms with Crippen LogP contribution in [0.4, 0.5) is 10.6 Å². The van der Waals surface area contributed by atoms with Gasteiger partial charge >= 0.3 is 6.09 Å². The van der Waals surface area contributed by atoms with E-state index in [1.807, 2.05) is 0 Å². The number of nitrogens with two attached hydrogens (primary N) is 1. The number of anilines is 1. The zero-order valence-corrected chi connectivity index (χ0v) is 7.57. The molecule has 0 radical (unpaired) electrons. The topological polar surface area (TPSA) is 82.2 Å². The van der Waals surface area contributed by atoms with Crippen LogP contribution in [0.25, 0.3) is 0 Å². The number of alkyl carbamates (subject to hydrolysis) is 1. The Morgan fingerprint density at radius 2 is 2.54 bits per heavy atom. The van der Waals surface area contributed by atoms with E-state index in [9.17, 15) is 4.79 Å². The van der Waals surface area contributed by atoms with Gasteiger partial charge in [-0.1, -0.05) is 0 Å². The van der Waals surface area contributed by atoms with Crippen LogP contribution in [0.3, 0.4) is 0 Å². The molecule has 0 fully saturated rings. The maximum absolute atomic E-state index is 10.7. The van der Waals surface area contributed by atoms with Crippen molar-refractivity contribution in [2.75, 3.05) is 12.8 Å². The highest BCUT2D eigenvalue weighted by atomic mass is 16.5. The monoisotopic (exact) mass is 184 g/mol. The normalized spacial score (nSPS) is 9.69. The molecule has 3 N–H and O–H groups in total. The van der Waals surface area contributed by atoms with Gasteiger partial charge in [0.05, 0.1) is 19.9 Å². The van der Waals surface area contributed by atoms with Gasteiger partial charge in [0.1, 0.15) is 5.82 Å². The Morgan fingerprint density at radius 1 is 1.85 bits per heavy atom. The molecule has 0 aliphatic carbocycles. The Labute approximate surface area is 75.7 Å².